The summed E-state index contributed by atoms with van der Waals surface area (Å²) in [5, 5.41) is 0. The van der Waals surface area contributed by atoms with E-state index in [4.69, 9.17) is 0 Å². The molecule has 0 heteroatoms. The largest absolute Gasteiger partial charge is 0.0622 e. The summed E-state index contributed by atoms with van der Waals surface area (Å²) in [6.07, 6.45) is 5.94. The molecule has 0 heterocycles. The molecule has 12 heavy (non-hydrogen) atoms. The lowest BCUT2D eigenvalue weighted by atomic mass is 9.48. The van der Waals surface area contributed by atoms with Gasteiger partial charge in [0.15, 0.2) is 0 Å². The summed E-state index contributed by atoms with van der Waals surface area (Å²) in [7, 11) is 0. The van der Waals surface area contributed by atoms with E-state index < -0.39 is 0 Å². The summed E-state index contributed by atoms with van der Waals surface area (Å²) >= 11 is 0. The van der Waals surface area contributed by atoms with E-state index in [1.165, 1.54) is 25.7 Å². The summed E-state index contributed by atoms with van der Waals surface area (Å²) in [5.74, 6) is 1.99. The van der Waals surface area contributed by atoms with Gasteiger partial charge in [0.05, 0.1) is 0 Å². The molecule has 0 aromatic rings. The molecule has 3 atom stereocenters. The van der Waals surface area contributed by atoms with Gasteiger partial charge in [-0.2, -0.15) is 0 Å². The first-order chi connectivity index (χ1) is 5.43. The molecule has 0 spiro atoms. The molecule has 3 rings (SSSR count). The Hall–Kier alpha value is 0. The van der Waals surface area contributed by atoms with Crippen LogP contribution >= 0.6 is 0 Å². The molecule has 0 nitrogen and oxygen atoms in total. The van der Waals surface area contributed by atoms with Crippen molar-refractivity contribution in [1.82, 2.24) is 0 Å². The van der Waals surface area contributed by atoms with Gasteiger partial charge in [0, 0.05) is 0 Å². The summed E-state index contributed by atoms with van der Waals surface area (Å²) in [4.78, 5) is 0. The Morgan fingerprint density at radius 3 is 2.25 bits per heavy atom. The predicted molar refractivity (Wildman–Crippen MR) is 53.0 cm³/mol. The highest BCUT2D eigenvalue weighted by atomic mass is 14.5. The van der Waals surface area contributed by atoms with Crippen LogP contribution in [-0.4, -0.2) is 0 Å². The number of rotatable bonds is 0. The van der Waals surface area contributed by atoms with Crippen molar-refractivity contribution in [2.24, 2.45) is 22.7 Å². The van der Waals surface area contributed by atoms with Crippen LogP contribution in [0, 0.1) is 22.7 Å². The summed E-state index contributed by atoms with van der Waals surface area (Å²) < 4.78 is 0. The van der Waals surface area contributed by atoms with Crippen LogP contribution in [0.5, 0.6) is 0 Å². The monoisotopic (exact) mass is 166 g/mol. The molecule has 0 amide bonds. The SMILES string of the molecule is CC1CC2(C)CCC1C(C)(C)C2. The lowest BCUT2D eigenvalue weighted by molar-refractivity contribution is -0.0669. The Morgan fingerprint density at radius 1 is 1.17 bits per heavy atom. The van der Waals surface area contributed by atoms with Crippen molar-refractivity contribution in [2.45, 2.75) is 53.4 Å². The van der Waals surface area contributed by atoms with Gasteiger partial charge in [-0.05, 0) is 48.3 Å². The smallest absolute Gasteiger partial charge is 0.0318 e. The molecule has 3 aliphatic carbocycles. The van der Waals surface area contributed by atoms with Gasteiger partial charge in [-0.25, -0.2) is 0 Å². The summed E-state index contributed by atoms with van der Waals surface area (Å²) in [6.45, 7) is 9.92. The van der Waals surface area contributed by atoms with Gasteiger partial charge in [-0.3, -0.25) is 0 Å². The topological polar surface area (TPSA) is 0 Å². The second-order valence-electron chi connectivity index (χ2n) is 6.30. The van der Waals surface area contributed by atoms with Crippen molar-refractivity contribution in [1.29, 1.82) is 0 Å². The Bertz CT molecular complexity index is 189. The van der Waals surface area contributed by atoms with E-state index in [1.807, 2.05) is 0 Å². The van der Waals surface area contributed by atoms with Crippen LogP contribution in [0.25, 0.3) is 0 Å². The van der Waals surface area contributed by atoms with Crippen molar-refractivity contribution in [3.63, 3.8) is 0 Å². The van der Waals surface area contributed by atoms with E-state index in [2.05, 4.69) is 27.7 Å². The molecule has 3 saturated carbocycles. The maximum absolute atomic E-state index is 2.50. The molecule has 0 radical (unpaired) electrons. The molecule has 0 N–H and O–H groups in total. The Balaban J connectivity index is 2.28. The minimum atomic E-state index is 0.630. The van der Waals surface area contributed by atoms with Crippen LogP contribution < -0.4 is 0 Å². The Morgan fingerprint density at radius 2 is 1.83 bits per heavy atom. The standard InChI is InChI=1S/C12H22/c1-9-7-12(4)6-5-10(9)11(2,3)8-12/h9-10H,5-8H2,1-4H3. The number of fused-ring (bicyclic) bond motifs is 3. The molecule has 70 valence electrons. The first-order valence-electron chi connectivity index (χ1n) is 5.43. The highest BCUT2D eigenvalue weighted by Gasteiger charge is 2.50. The van der Waals surface area contributed by atoms with Crippen molar-refractivity contribution in [3.8, 4) is 0 Å². The third kappa shape index (κ3) is 1.11. The van der Waals surface area contributed by atoms with E-state index in [0.717, 1.165) is 11.8 Å². The molecule has 3 aliphatic rings. The maximum Gasteiger partial charge on any atom is -0.0318 e. The molecule has 0 aromatic heterocycles. The average molecular weight is 166 g/mol. The summed E-state index contributed by atoms with van der Waals surface area (Å²) in [6, 6.07) is 0. The second kappa shape index (κ2) is 2.27. The fraction of sp³-hybridized carbons (Fsp3) is 1.00. The van der Waals surface area contributed by atoms with Crippen LogP contribution in [0.15, 0.2) is 0 Å². The van der Waals surface area contributed by atoms with Crippen molar-refractivity contribution >= 4 is 0 Å². The van der Waals surface area contributed by atoms with Gasteiger partial charge in [-0.1, -0.05) is 27.7 Å². The van der Waals surface area contributed by atoms with Crippen LogP contribution in [0.2, 0.25) is 0 Å². The van der Waals surface area contributed by atoms with Crippen LogP contribution in [0.4, 0.5) is 0 Å². The zero-order valence-electron chi connectivity index (χ0n) is 8.98. The lowest BCUT2D eigenvalue weighted by Gasteiger charge is -2.57. The molecule has 3 fully saturated rings. The van der Waals surface area contributed by atoms with E-state index in [9.17, 15) is 0 Å². The van der Waals surface area contributed by atoms with Crippen molar-refractivity contribution in [3.05, 3.63) is 0 Å². The molecular weight excluding hydrogens is 144 g/mol. The van der Waals surface area contributed by atoms with Gasteiger partial charge < -0.3 is 0 Å². The Labute approximate surface area is 76.7 Å². The van der Waals surface area contributed by atoms with Crippen LogP contribution in [-0.2, 0) is 0 Å². The highest BCUT2D eigenvalue weighted by molar-refractivity contribution is 5.00. The van der Waals surface area contributed by atoms with E-state index in [-0.39, 0.29) is 0 Å². The average Bonchev–Trinajstić information content (AvgIpc) is 1.80. The fourth-order valence-electron chi connectivity index (χ4n) is 4.36. The first kappa shape index (κ1) is 8.59. The molecule has 0 aliphatic heterocycles. The Kier molecular flexibility index (Phi) is 1.63. The summed E-state index contributed by atoms with van der Waals surface area (Å²) in [5.41, 5.74) is 1.32. The predicted octanol–water partition coefficient (Wildman–Crippen LogP) is 3.86. The van der Waals surface area contributed by atoms with E-state index >= 15 is 0 Å². The molecule has 0 saturated heterocycles. The van der Waals surface area contributed by atoms with E-state index in [1.54, 1.807) is 0 Å². The van der Waals surface area contributed by atoms with Gasteiger partial charge in [0.1, 0.15) is 0 Å². The van der Waals surface area contributed by atoms with Gasteiger partial charge in [-0.15, -0.1) is 0 Å². The van der Waals surface area contributed by atoms with Gasteiger partial charge in [0.2, 0.25) is 0 Å². The van der Waals surface area contributed by atoms with Crippen LogP contribution in [0.1, 0.15) is 53.4 Å². The maximum atomic E-state index is 2.50. The van der Waals surface area contributed by atoms with Gasteiger partial charge in [0.25, 0.3) is 0 Å². The molecule has 0 aromatic carbocycles. The third-order valence-corrected chi connectivity index (χ3v) is 4.45. The normalized spacial score (nSPS) is 51.0. The third-order valence-electron chi connectivity index (χ3n) is 4.45. The van der Waals surface area contributed by atoms with E-state index in [0.29, 0.717) is 10.8 Å². The minimum Gasteiger partial charge on any atom is -0.0622 e. The lowest BCUT2D eigenvalue weighted by Crippen LogP contribution is -2.47. The molecular formula is C12H22. The zero-order valence-corrected chi connectivity index (χ0v) is 8.98. The first-order valence-corrected chi connectivity index (χ1v) is 5.43. The minimum absolute atomic E-state index is 0.630. The number of hydrogen-bond donors (Lipinski definition) is 0. The van der Waals surface area contributed by atoms with Crippen molar-refractivity contribution < 1.29 is 0 Å². The number of hydrogen-bond acceptors (Lipinski definition) is 0. The fourth-order valence-corrected chi connectivity index (χ4v) is 4.36. The quantitative estimate of drug-likeness (QED) is 0.512. The molecule has 2 bridgehead atoms. The van der Waals surface area contributed by atoms with Crippen LogP contribution in [0.3, 0.4) is 0 Å². The molecule has 3 unspecified atom stereocenters. The second-order valence-corrected chi connectivity index (χ2v) is 6.30. The van der Waals surface area contributed by atoms with Gasteiger partial charge >= 0.3 is 0 Å². The van der Waals surface area contributed by atoms with Crippen molar-refractivity contribution in [2.75, 3.05) is 0 Å². The zero-order chi connectivity index (χ0) is 8.98. The highest BCUT2D eigenvalue weighted by Crippen LogP contribution is 2.60.